The summed E-state index contributed by atoms with van der Waals surface area (Å²) in [5.74, 6) is 0.707. The standard InChI is InChI=1S/C11H23F3N4.HI/c1-4-15-10(16-5-2)17-7-6-8-18(3)9-11(12,13)14;/h4-9H2,1-3H3,(H2,15,16,17);1H. The topological polar surface area (TPSA) is 39.7 Å². The summed E-state index contributed by atoms with van der Waals surface area (Å²) in [6.45, 7) is 5.48. The first-order chi connectivity index (χ1) is 8.39. The third-order valence-electron chi connectivity index (χ3n) is 2.11. The highest BCUT2D eigenvalue weighted by Crippen LogP contribution is 2.15. The van der Waals surface area contributed by atoms with Gasteiger partial charge in [0.2, 0.25) is 0 Å². The van der Waals surface area contributed by atoms with Crippen LogP contribution in [0.25, 0.3) is 0 Å². The van der Waals surface area contributed by atoms with E-state index in [2.05, 4.69) is 15.6 Å². The molecule has 0 rings (SSSR count). The molecule has 0 aliphatic heterocycles. The van der Waals surface area contributed by atoms with Crippen molar-refractivity contribution in [3.8, 4) is 0 Å². The number of hydrogen-bond acceptors (Lipinski definition) is 2. The number of alkyl halides is 3. The highest BCUT2D eigenvalue weighted by Gasteiger charge is 2.28. The van der Waals surface area contributed by atoms with Crippen LogP contribution in [0.5, 0.6) is 0 Å². The number of rotatable bonds is 7. The van der Waals surface area contributed by atoms with Crippen molar-refractivity contribution in [2.45, 2.75) is 26.4 Å². The second-order valence-corrected chi connectivity index (χ2v) is 4.00. The van der Waals surface area contributed by atoms with Crippen LogP contribution in [0.4, 0.5) is 13.2 Å². The first-order valence-corrected chi connectivity index (χ1v) is 6.16. The zero-order chi connectivity index (χ0) is 14.0. The summed E-state index contributed by atoms with van der Waals surface area (Å²) in [6.07, 6.45) is -3.52. The summed E-state index contributed by atoms with van der Waals surface area (Å²) >= 11 is 0. The normalized spacial score (nSPS) is 10.9. The van der Waals surface area contributed by atoms with Crippen molar-refractivity contribution in [3.05, 3.63) is 0 Å². The molecule has 0 heterocycles. The highest BCUT2D eigenvalue weighted by molar-refractivity contribution is 14.0. The van der Waals surface area contributed by atoms with Gasteiger partial charge in [-0.3, -0.25) is 9.89 Å². The molecule has 0 amide bonds. The second-order valence-electron chi connectivity index (χ2n) is 4.00. The Bertz CT molecular complexity index is 239. The summed E-state index contributed by atoms with van der Waals surface area (Å²) in [6, 6.07) is 0. The van der Waals surface area contributed by atoms with Crippen LogP contribution in [0.1, 0.15) is 20.3 Å². The van der Waals surface area contributed by atoms with E-state index in [0.717, 1.165) is 13.1 Å². The van der Waals surface area contributed by atoms with Gasteiger partial charge < -0.3 is 10.6 Å². The number of aliphatic imine (C=N–C) groups is 1. The van der Waals surface area contributed by atoms with Gasteiger partial charge in [-0.1, -0.05) is 0 Å². The summed E-state index contributed by atoms with van der Waals surface area (Å²) in [5, 5.41) is 6.11. The SMILES string of the molecule is CCNC(=NCCCN(C)CC(F)(F)F)NCC.I. The Morgan fingerprint density at radius 2 is 1.68 bits per heavy atom. The molecule has 0 aromatic heterocycles. The molecule has 0 atom stereocenters. The number of hydrogen-bond donors (Lipinski definition) is 2. The number of halogens is 4. The molecule has 8 heteroatoms. The Morgan fingerprint density at radius 1 is 1.16 bits per heavy atom. The van der Waals surface area contributed by atoms with E-state index in [1.807, 2.05) is 13.8 Å². The molecule has 0 unspecified atom stereocenters. The molecule has 0 spiro atoms. The van der Waals surface area contributed by atoms with E-state index in [1.54, 1.807) is 0 Å². The molecule has 0 bridgehead atoms. The molecular formula is C11H24F3IN4. The van der Waals surface area contributed by atoms with Gasteiger partial charge in [-0.2, -0.15) is 13.2 Å². The van der Waals surface area contributed by atoms with E-state index in [4.69, 9.17) is 0 Å². The minimum atomic E-state index is -4.13. The molecule has 4 nitrogen and oxygen atoms in total. The minimum Gasteiger partial charge on any atom is -0.357 e. The van der Waals surface area contributed by atoms with Crippen molar-refractivity contribution in [3.63, 3.8) is 0 Å². The maximum atomic E-state index is 12.1. The van der Waals surface area contributed by atoms with Crippen LogP contribution in [0.15, 0.2) is 4.99 Å². The number of nitrogens with one attached hydrogen (secondary N) is 2. The molecule has 0 fully saturated rings. The van der Waals surface area contributed by atoms with Gasteiger partial charge in [0.05, 0.1) is 6.54 Å². The Labute approximate surface area is 130 Å². The quantitative estimate of drug-likeness (QED) is 0.300. The molecule has 0 aliphatic carbocycles. The van der Waals surface area contributed by atoms with Crippen LogP contribution >= 0.6 is 24.0 Å². The number of guanidine groups is 1. The molecule has 0 radical (unpaired) electrons. The van der Waals surface area contributed by atoms with Gasteiger partial charge in [0.1, 0.15) is 0 Å². The third kappa shape index (κ3) is 14.0. The summed E-state index contributed by atoms with van der Waals surface area (Å²) in [5.41, 5.74) is 0. The van der Waals surface area contributed by atoms with Crippen LogP contribution < -0.4 is 10.6 Å². The van der Waals surface area contributed by atoms with Gasteiger partial charge in [0.25, 0.3) is 0 Å². The molecular weight excluding hydrogens is 372 g/mol. The summed E-state index contributed by atoms with van der Waals surface area (Å²) in [4.78, 5) is 5.52. The summed E-state index contributed by atoms with van der Waals surface area (Å²) in [7, 11) is 1.46. The minimum absolute atomic E-state index is 0. The van der Waals surface area contributed by atoms with Crippen LogP contribution in [0.2, 0.25) is 0 Å². The van der Waals surface area contributed by atoms with Crippen molar-refractivity contribution in [2.24, 2.45) is 4.99 Å². The monoisotopic (exact) mass is 396 g/mol. The number of nitrogens with zero attached hydrogens (tertiary/aromatic N) is 2. The largest absolute Gasteiger partial charge is 0.401 e. The van der Waals surface area contributed by atoms with Crippen LogP contribution in [-0.2, 0) is 0 Å². The molecule has 0 saturated carbocycles. The molecule has 116 valence electrons. The van der Waals surface area contributed by atoms with E-state index in [1.165, 1.54) is 11.9 Å². The maximum Gasteiger partial charge on any atom is 0.401 e. The smallest absolute Gasteiger partial charge is 0.357 e. The van der Waals surface area contributed by atoms with E-state index < -0.39 is 12.7 Å². The van der Waals surface area contributed by atoms with Crippen molar-refractivity contribution in [2.75, 3.05) is 39.8 Å². The average Bonchev–Trinajstić information content (AvgIpc) is 2.22. The van der Waals surface area contributed by atoms with Gasteiger partial charge >= 0.3 is 6.18 Å². The molecule has 0 aromatic rings. The van der Waals surface area contributed by atoms with E-state index in [9.17, 15) is 13.2 Å². The van der Waals surface area contributed by atoms with Gasteiger partial charge in [-0.25, -0.2) is 0 Å². The fourth-order valence-corrected chi connectivity index (χ4v) is 1.43. The van der Waals surface area contributed by atoms with Gasteiger partial charge in [-0.15, -0.1) is 24.0 Å². The molecule has 19 heavy (non-hydrogen) atoms. The van der Waals surface area contributed by atoms with Crippen LogP contribution in [0.3, 0.4) is 0 Å². The maximum absolute atomic E-state index is 12.1. The summed E-state index contributed by atoms with van der Waals surface area (Å²) < 4.78 is 36.2. The van der Waals surface area contributed by atoms with Crippen LogP contribution in [0, 0.1) is 0 Å². The van der Waals surface area contributed by atoms with Gasteiger partial charge in [0, 0.05) is 19.6 Å². The zero-order valence-corrected chi connectivity index (χ0v) is 14.0. The molecule has 2 N–H and O–H groups in total. The van der Waals surface area contributed by atoms with Gasteiger partial charge in [-0.05, 0) is 33.9 Å². The first kappa shape index (κ1) is 21.1. The lowest BCUT2D eigenvalue weighted by molar-refractivity contribution is -0.143. The van der Waals surface area contributed by atoms with Crippen molar-refractivity contribution in [1.82, 2.24) is 15.5 Å². The van der Waals surface area contributed by atoms with E-state index in [0.29, 0.717) is 25.5 Å². The van der Waals surface area contributed by atoms with E-state index >= 15 is 0 Å². The predicted molar refractivity (Wildman–Crippen MR) is 83.2 cm³/mol. The third-order valence-corrected chi connectivity index (χ3v) is 2.11. The lowest BCUT2D eigenvalue weighted by Crippen LogP contribution is -2.37. The second kappa shape index (κ2) is 11.6. The molecule has 0 aliphatic rings. The fraction of sp³-hybridized carbons (Fsp3) is 0.909. The van der Waals surface area contributed by atoms with E-state index in [-0.39, 0.29) is 24.0 Å². The molecule has 0 aromatic carbocycles. The lowest BCUT2D eigenvalue weighted by atomic mass is 10.4. The van der Waals surface area contributed by atoms with Crippen LogP contribution in [-0.4, -0.2) is 56.8 Å². The fourth-order valence-electron chi connectivity index (χ4n) is 1.43. The molecule has 0 saturated heterocycles. The van der Waals surface area contributed by atoms with Crippen molar-refractivity contribution < 1.29 is 13.2 Å². The van der Waals surface area contributed by atoms with Crippen molar-refractivity contribution in [1.29, 1.82) is 0 Å². The van der Waals surface area contributed by atoms with Crippen molar-refractivity contribution >= 4 is 29.9 Å². The Morgan fingerprint density at radius 3 is 2.11 bits per heavy atom. The Hall–Kier alpha value is -0.250. The van der Waals surface area contributed by atoms with Gasteiger partial charge in [0.15, 0.2) is 5.96 Å². The zero-order valence-electron chi connectivity index (χ0n) is 11.7. The Kier molecular flexibility index (Phi) is 12.8. The highest BCUT2D eigenvalue weighted by atomic mass is 127. The first-order valence-electron chi connectivity index (χ1n) is 6.16. The predicted octanol–water partition coefficient (Wildman–Crippen LogP) is 2.06. The Balaban J connectivity index is 0. The average molecular weight is 396 g/mol. The lowest BCUT2D eigenvalue weighted by Gasteiger charge is -2.17.